The van der Waals surface area contributed by atoms with Gasteiger partial charge in [0.25, 0.3) is 0 Å². The van der Waals surface area contributed by atoms with E-state index >= 15 is 0 Å². The lowest BCUT2D eigenvalue weighted by molar-refractivity contribution is -0.137. The van der Waals surface area contributed by atoms with Crippen LogP contribution < -0.4 is 11.1 Å². The first kappa shape index (κ1) is 22.1. The minimum Gasteiger partial charge on any atom is -0.468 e. The van der Waals surface area contributed by atoms with Gasteiger partial charge in [-0.25, -0.2) is 0 Å². The Bertz CT molecular complexity index is 503. The lowest BCUT2D eigenvalue weighted by atomic mass is 10.2. The molecule has 0 saturated carbocycles. The molecule has 0 heterocycles. The van der Waals surface area contributed by atoms with Gasteiger partial charge in [0.15, 0.2) is 0 Å². The van der Waals surface area contributed by atoms with Crippen LogP contribution in [0, 0.1) is 0 Å². The number of methoxy groups -OCH3 is 1. The maximum Gasteiger partial charge on any atom is 0.315 e. The van der Waals surface area contributed by atoms with E-state index in [0.717, 1.165) is 17.0 Å². The Morgan fingerprint density at radius 3 is 2.78 bits per heavy atom. The van der Waals surface area contributed by atoms with Crippen LogP contribution in [0.3, 0.4) is 0 Å². The van der Waals surface area contributed by atoms with Gasteiger partial charge in [0, 0.05) is 11.4 Å². The topological polar surface area (TPSA) is 81.4 Å². The maximum atomic E-state index is 12.0. The van der Waals surface area contributed by atoms with E-state index in [2.05, 4.69) is 10.1 Å². The Labute approximate surface area is 151 Å². The van der Waals surface area contributed by atoms with Crippen LogP contribution in [0.25, 0.3) is 0 Å². The molecular formula is C15H23ClN2O3S2. The number of carbonyl (C=O) groups excluding carboxylic acids is 2. The number of esters is 1. The number of ether oxygens (including phenoxy) is 1. The van der Waals surface area contributed by atoms with Crippen LogP contribution in [0.2, 0.25) is 0 Å². The van der Waals surface area contributed by atoms with Crippen LogP contribution in [-0.4, -0.2) is 42.8 Å². The van der Waals surface area contributed by atoms with Gasteiger partial charge in [0.2, 0.25) is 5.91 Å². The SMILES string of the molecule is COC(=O)CSCc1cccc(NC(=O)[C@@H](N)CCSC)c1.Cl. The third-order valence-corrected chi connectivity index (χ3v) is 4.50. The van der Waals surface area contributed by atoms with Gasteiger partial charge < -0.3 is 15.8 Å². The van der Waals surface area contributed by atoms with E-state index in [1.54, 1.807) is 11.8 Å². The van der Waals surface area contributed by atoms with Crippen molar-refractivity contribution in [3.63, 3.8) is 0 Å². The zero-order valence-electron chi connectivity index (χ0n) is 13.2. The molecule has 8 heteroatoms. The highest BCUT2D eigenvalue weighted by molar-refractivity contribution is 7.99. The van der Waals surface area contributed by atoms with E-state index < -0.39 is 6.04 Å². The number of hydrogen-bond acceptors (Lipinski definition) is 6. The smallest absolute Gasteiger partial charge is 0.315 e. The second-order valence-corrected chi connectivity index (χ2v) is 6.62. The van der Waals surface area contributed by atoms with Crippen LogP contribution in [0.5, 0.6) is 0 Å². The highest BCUT2D eigenvalue weighted by Crippen LogP contribution is 2.17. The van der Waals surface area contributed by atoms with E-state index in [-0.39, 0.29) is 24.3 Å². The molecule has 0 saturated heterocycles. The van der Waals surface area contributed by atoms with Crippen molar-refractivity contribution in [2.75, 3.05) is 30.2 Å². The van der Waals surface area contributed by atoms with Crippen LogP contribution in [-0.2, 0) is 20.1 Å². The minimum absolute atomic E-state index is 0. The van der Waals surface area contributed by atoms with Gasteiger partial charge in [-0.3, -0.25) is 9.59 Å². The number of anilines is 1. The molecule has 3 N–H and O–H groups in total. The van der Waals surface area contributed by atoms with E-state index in [9.17, 15) is 9.59 Å². The largest absolute Gasteiger partial charge is 0.468 e. The Kier molecular flexibility index (Phi) is 12.0. The summed E-state index contributed by atoms with van der Waals surface area (Å²) < 4.78 is 4.59. The van der Waals surface area contributed by atoms with Gasteiger partial charge in [0.05, 0.1) is 18.9 Å². The quantitative estimate of drug-likeness (QED) is 0.642. The Morgan fingerprint density at radius 2 is 2.13 bits per heavy atom. The van der Waals surface area contributed by atoms with Crippen molar-refractivity contribution in [2.45, 2.75) is 18.2 Å². The number of nitrogens with one attached hydrogen (secondary N) is 1. The summed E-state index contributed by atoms with van der Waals surface area (Å²) in [5, 5.41) is 2.83. The molecule has 0 aliphatic carbocycles. The molecule has 130 valence electrons. The molecule has 23 heavy (non-hydrogen) atoms. The molecule has 1 rings (SSSR count). The number of nitrogens with two attached hydrogens (primary N) is 1. The van der Waals surface area contributed by atoms with Gasteiger partial charge in [-0.1, -0.05) is 12.1 Å². The summed E-state index contributed by atoms with van der Waals surface area (Å²) in [7, 11) is 1.37. The molecule has 0 bridgehead atoms. The monoisotopic (exact) mass is 378 g/mol. The molecule has 0 fully saturated rings. The van der Waals surface area contributed by atoms with Crippen molar-refractivity contribution in [3.8, 4) is 0 Å². The fourth-order valence-corrected chi connectivity index (χ4v) is 2.95. The molecule has 1 aromatic carbocycles. The Hall–Kier alpha value is -0.890. The number of halogens is 1. The number of hydrogen-bond donors (Lipinski definition) is 2. The summed E-state index contributed by atoms with van der Waals surface area (Å²) in [6, 6.07) is 7.05. The number of rotatable bonds is 9. The van der Waals surface area contributed by atoms with Crippen molar-refractivity contribution in [3.05, 3.63) is 29.8 Å². The summed E-state index contributed by atoms with van der Waals surface area (Å²) in [5.74, 6) is 1.44. The van der Waals surface area contributed by atoms with Gasteiger partial charge in [0.1, 0.15) is 0 Å². The molecule has 0 aliphatic rings. The average molecular weight is 379 g/mol. The number of carbonyl (C=O) groups is 2. The lowest BCUT2D eigenvalue weighted by Gasteiger charge is -2.12. The van der Waals surface area contributed by atoms with Gasteiger partial charge >= 0.3 is 5.97 Å². The molecule has 5 nitrogen and oxygen atoms in total. The summed E-state index contributed by atoms with van der Waals surface area (Å²) in [6.07, 6.45) is 2.64. The molecule has 1 amide bonds. The predicted molar refractivity (Wildman–Crippen MR) is 101 cm³/mol. The minimum atomic E-state index is -0.496. The highest BCUT2D eigenvalue weighted by atomic mass is 35.5. The zero-order valence-corrected chi connectivity index (χ0v) is 15.7. The number of benzene rings is 1. The van der Waals surface area contributed by atoms with Gasteiger partial charge in [-0.15, -0.1) is 24.2 Å². The molecule has 1 aromatic rings. The second-order valence-electron chi connectivity index (χ2n) is 4.65. The van der Waals surface area contributed by atoms with Crippen LogP contribution in [0.15, 0.2) is 24.3 Å². The molecule has 1 atom stereocenters. The first-order valence-electron chi connectivity index (χ1n) is 6.85. The van der Waals surface area contributed by atoms with Gasteiger partial charge in [-0.2, -0.15) is 11.8 Å². The Morgan fingerprint density at radius 1 is 1.39 bits per heavy atom. The molecule has 0 aromatic heterocycles. The van der Waals surface area contributed by atoms with Crippen molar-refractivity contribution in [1.29, 1.82) is 0 Å². The lowest BCUT2D eigenvalue weighted by Crippen LogP contribution is -2.36. The molecule has 0 aliphatic heterocycles. The summed E-state index contributed by atoms with van der Waals surface area (Å²) in [5.41, 5.74) is 7.59. The normalized spacial score (nSPS) is 11.3. The van der Waals surface area contributed by atoms with Crippen molar-refractivity contribution < 1.29 is 14.3 Å². The fraction of sp³-hybridized carbons (Fsp3) is 0.467. The fourth-order valence-electron chi connectivity index (χ4n) is 1.66. The summed E-state index contributed by atoms with van der Waals surface area (Å²) >= 11 is 3.14. The third-order valence-electron chi connectivity index (χ3n) is 2.88. The highest BCUT2D eigenvalue weighted by Gasteiger charge is 2.13. The molecule has 0 radical (unpaired) electrons. The molecule has 0 unspecified atom stereocenters. The van der Waals surface area contributed by atoms with E-state index in [4.69, 9.17) is 5.73 Å². The van der Waals surface area contributed by atoms with Crippen LogP contribution in [0.4, 0.5) is 5.69 Å². The third kappa shape index (κ3) is 9.10. The zero-order chi connectivity index (χ0) is 16.4. The van der Waals surface area contributed by atoms with E-state index in [1.165, 1.54) is 18.9 Å². The van der Waals surface area contributed by atoms with Crippen LogP contribution >= 0.6 is 35.9 Å². The number of thioether (sulfide) groups is 2. The predicted octanol–water partition coefficient (Wildman–Crippen LogP) is 2.53. The first-order chi connectivity index (χ1) is 10.6. The van der Waals surface area contributed by atoms with Crippen molar-refractivity contribution in [1.82, 2.24) is 0 Å². The second kappa shape index (κ2) is 12.5. The summed E-state index contributed by atoms with van der Waals surface area (Å²) in [4.78, 5) is 23.0. The molecular weight excluding hydrogens is 356 g/mol. The summed E-state index contributed by atoms with van der Waals surface area (Å²) in [6.45, 7) is 0. The van der Waals surface area contributed by atoms with Crippen molar-refractivity contribution in [2.24, 2.45) is 5.73 Å². The van der Waals surface area contributed by atoms with Crippen molar-refractivity contribution >= 4 is 53.5 Å². The standard InChI is InChI=1S/C15H22N2O3S2.ClH/c1-20-14(18)10-22-9-11-4-3-5-12(8-11)17-15(19)13(16)6-7-21-2;/h3-5,8,13H,6-7,9-10,16H2,1-2H3,(H,17,19);1H/t13-;/m0./s1. The van der Waals surface area contributed by atoms with E-state index in [1.807, 2.05) is 30.5 Å². The molecule has 0 spiro atoms. The van der Waals surface area contributed by atoms with Gasteiger partial charge in [-0.05, 0) is 36.1 Å². The van der Waals surface area contributed by atoms with E-state index in [0.29, 0.717) is 17.9 Å². The van der Waals surface area contributed by atoms with Crippen LogP contribution in [0.1, 0.15) is 12.0 Å². The maximum absolute atomic E-state index is 12.0. The first-order valence-corrected chi connectivity index (χ1v) is 9.40. The Balaban J connectivity index is 0.00000484. The average Bonchev–Trinajstić information content (AvgIpc) is 2.52. The number of amides is 1.